The summed E-state index contributed by atoms with van der Waals surface area (Å²) in [6, 6.07) is 9.38. The lowest BCUT2D eigenvalue weighted by atomic mass is 10.1. The Morgan fingerprint density at radius 1 is 1.29 bits per heavy atom. The van der Waals surface area contributed by atoms with Crippen molar-refractivity contribution in [3.8, 4) is 0 Å². The van der Waals surface area contributed by atoms with Crippen molar-refractivity contribution < 1.29 is 4.79 Å². The fourth-order valence-electron chi connectivity index (χ4n) is 1.20. The highest BCUT2D eigenvalue weighted by atomic mass is 16.1. The summed E-state index contributed by atoms with van der Waals surface area (Å²) in [7, 11) is 0. The van der Waals surface area contributed by atoms with E-state index in [4.69, 9.17) is 0 Å². The first-order valence-corrected chi connectivity index (χ1v) is 4.99. The average molecular weight is 191 g/mol. The number of hydrogen-bond acceptors (Lipinski definition) is 2. The molecule has 0 aromatic heterocycles. The summed E-state index contributed by atoms with van der Waals surface area (Å²) in [5, 5.41) is 3.13. The van der Waals surface area contributed by atoms with Gasteiger partial charge in [0, 0.05) is 5.56 Å². The van der Waals surface area contributed by atoms with E-state index in [0.29, 0.717) is 12.5 Å². The zero-order chi connectivity index (χ0) is 10.4. The molecule has 0 saturated carbocycles. The first-order valence-electron chi connectivity index (χ1n) is 4.99. The van der Waals surface area contributed by atoms with Gasteiger partial charge in [0.05, 0.1) is 6.54 Å². The monoisotopic (exact) mass is 191 g/mol. The number of benzene rings is 1. The van der Waals surface area contributed by atoms with Crippen LogP contribution < -0.4 is 5.32 Å². The molecule has 2 nitrogen and oxygen atoms in total. The number of rotatable bonds is 5. The van der Waals surface area contributed by atoms with Crippen LogP contribution in [0, 0.1) is 5.92 Å². The summed E-state index contributed by atoms with van der Waals surface area (Å²) < 4.78 is 0. The lowest BCUT2D eigenvalue weighted by Crippen LogP contribution is -2.26. The molecule has 0 aliphatic rings. The van der Waals surface area contributed by atoms with Crippen LogP contribution in [0.2, 0.25) is 0 Å². The van der Waals surface area contributed by atoms with E-state index in [1.54, 1.807) is 0 Å². The summed E-state index contributed by atoms with van der Waals surface area (Å²) in [5.41, 5.74) is 0.781. The largest absolute Gasteiger partial charge is 0.309 e. The van der Waals surface area contributed by atoms with Crippen molar-refractivity contribution in [1.29, 1.82) is 0 Å². The van der Waals surface area contributed by atoms with Crippen molar-refractivity contribution in [3.63, 3.8) is 0 Å². The molecule has 0 fully saturated rings. The Morgan fingerprint density at radius 2 is 1.93 bits per heavy atom. The summed E-state index contributed by atoms with van der Waals surface area (Å²) in [6.45, 7) is 5.57. The molecule has 0 bridgehead atoms. The van der Waals surface area contributed by atoms with Crippen molar-refractivity contribution in [2.24, 2.45) is 5.92 Å². The average Bonchev–Trinajstić information content (AvgIpc) is 2.18. The number of Topliss-reactive ketones (excluding diaryl/α,β-unsaturated/α-hetero) is 1. The van der Waals surface area contributed by atoms with Crippen molar-refractivity contribution in [2.75, 3.05) is 13.1 Å². The second-order valence-electron chi connectivity index (χ2n) is 3.81. The van der Waals surface area contributed by atoms with Gasteiger partial charge in [-0.25, -0.2) is 0 Å². The van der Waals surface area contributed by atoms with E-state index in [0.717, 1.165) is 12.1 Å². The number of carbonyl (C=O) groups is 1. The van der Waals surface area contributed by atoms with Crippen molar-refractivity contribution in [3.05, 3.63) is 35.9 Å². The molecule has 1 aromatic rings. The predicted octanol–water partition coefficient (Wildman–Crippen LogP) is 2.11. The molecular weight excluding hydrogens is 174 g/mol. The Kier molecular flexibility index (Phi) is 4.33. The molecule has 0 aliphatic heterocycles. The van der Waals surface area contributed by atoms with Gasteiger partial charge < -0.3 is 5.32 Å². The minimum atomic E-state index is 0.159. The Bertz CT molecular complexity index is 280. The molecule has 1 N–H and O–H groups in total. The van der Waals surface area contributed by atoms with Gasteiger partial charge in [0.1, 0.15) is 0 Å². The van der Waals surface area contributed by atoms with Gasteiger partial charge in [-0.2, -0.15) is 0 Å². The van der Waals surface area contributed by atoms with Crippen LogP contribution in [0.1, 0.15) is 24.2 Å². The quantitative estimate of drug-likeness (QED) is 0.722. The topological polar surface area (TPSA) is 29.1 Å². The molecule has 76 valence electrons. The van der Waals surface area contributed by atoms with Crippen LogP contribution in [-0.2, 0) is 0 Å². The maximum absolute atomic E-state index is 11.6. The standard InChI is InChI=1S/C12H17NO/c1-10(2)8-13-9-12(14)11-6-4-3-5-7-11/h3-7,10,13H,8-9H2,1-2H3. The zero-order valence-corrected chi connectivity index (χ0v) is 8.79. The van der Waals surface area contributed by atoms with Gasteiger partial charge in [-0.15, -0.1) is 0 Å². The van der Waals surface area contributed by atoms with E-state index >= 15 is 0 Å². The molecule has 0 heterocycles. The van der Waals surface area contributed by atoms with Crippen molar-refractivity contribution >= 4 is 5.78 Å². The van der Waals surface area contributed by atoms with Crippen molar-refractivity contribution in [2.45, 2.75) is 13.8 Å². The number of hydrogen-bond donors (Lipinski definition) is 1. The van der Waals surface area contributed by atoms with E-state index in [1.165, 1.54) is 0 Å². The van der Waals surface area contributed by atoms with E-state index in [1.807, 2.05) is 30.3 Å². The first kappa shape index (κ1) is 10.9. The summed E-state index contributed by atoms with van der Waals surface area (Å²) in [6.07, 6.45) is 0. The number of nitrogens with one attached hydrogen (secondary N) is 1. The molecular formula is C12H17NO. The van der Waals surface area contributed by atoms with Crippen molar-refractivity contribution in [1.82, 2.24) is 5.32 Å². The Morgan fingerprint density at radius 3 is 2.50 bits per heavy atom. The highest BCUT2D eigenvalue weighted by molar-refractivity contribution is 5.97. The smallest absolute Gasteiger partial charge is 0.176 e. The molecule has 0 atom stereocenters. The predicted molar refractivity (Wildman–Crippen MR) is 58.5 cm³/mol. The minimum absolute atomic E-state index is 0.159. The molecule has 14 heavy (non-hydrogen) atoms. The number of ketones is 1. The molecule has 1 aromatic carbocycles. The summed E-state index contributed by atoms with van der Waals surface area (Å²) >= 11 is 0. The maximum Gasteiger partial charge on any atom is 0.176 e. The molecule has 2 heteroatoms. The number of carbonyl (C=O) groups excluding carboxylic acids is 1. The van der Waals surface area contributed by atoms with Gasteiger partial charge in [0.25, 0.3) is 0 Å². The van der Waals surface area contributed by atoms with E-state index in [2.05, 4.69) is 19.2 Å². The Hall–Kier alpha value is -1.15. The third kappa shape index (κ3) is 3.71. The highest BCUT2D eigenvalue weighted by Crippen LogP contribution is 1.98. The van der Waals surface area contributed by atoms with Crippen LogP contribution >= 0.6 is 0 Å². The molecule has 0 spiro atoms. The van der Waals surface area contributed by atoms with E-state index in [-0.39, 0.29) is 5.78 Å². The lowest BCUT2D eigenvalue weighted by Gasteiger charge is -2.06. The molecule has 1 rings (SSSR count). The van der Waals surface area contributed by atoms with Crippen LogP contribution in [0.25, 0.3) is 0 Å². The lowest BCUT2D eigenvalue weighted by molar-refractivity contribution is 0.0990. The van der Waals surface area contributed by atoms with Gasteiger partial charge in [-0.1, -0.05) is 44.2 Å². The van der Waals surface area contributed by atoms with Gasteiger partial charge in [-0.3, -0.25) is 4.79 Å². The van der Waals surface area contributed by atoms with Gasteiger partial charge in [-0.05, 0) is 12.5 Å². The van der Waals surface area contributed by atoms with Gasteiger partial charge in [0.2, 0.25) is 0 Å². The van der Waals surface area contributed by atoms with Crippen LogP contribution in [0.5, 0.6) is 0 Å². The first-order chi connectivity index (χ1) is 6.70. The van der Waals surface area contributed by atoms with Crippen LogP contribution in [0.15, 0.2) is 30.3 Å². The maximum atomic E-state index is 11.6. The van der Waals surface area contributed by atoms with Crippen LogP contribution in [0.4, 0.5) is 0 Å². The summed E-state index contributed by atoms with van der Waals surface area (Å²) in [4.78, 5) is 11.6. The van der Waals surface area contributed by atoms with Crippen LogP contribution in [0.3, 0.4) is 0 Å². The second kappa shape index (κ2) is 5.55. The van der Waals surface area contributed by atoms with Gasteiger partial charge >= 0.3 is 0 Å². The molecule has 0 unspecified atom stereocenters. The van der Waals surface area contributed by atoms with Gasteiger partial charge in [0.15, 0.2) is 5.78 Å². The Balaban J connectivity index is 2.36. The SMILES string of the molecule is CC(C)CNCC(=O)c1ccccc1. The molecule has 0 amide bonds. The highest BCUT2D eigenvalue weighted by Gasteiger charge is 2.03. The zero-order valence-electron chi connectivity index (χ0n) is 8.79. The fourth-order valence-corrected chi connectivity index (χ4v) is 1.20. The third-order valence-electron chi connectivity index (χ3n) is 1.93. The van der Waals surface area contributed by atoms with Crippen LogP contribution in [-0.4, -0.2) is 18.9 Å². The summed E-state index contributed by atoms with van der Waals surface area (Å²) in [5.74, 6) is 0.741. The third-order valence-corrected chi connectivity index (χ3v) is 1.93. The van der Waals surface area contributed by atoms with E-state index in [9.17, 15) is 4.79 Å². The normalized spacial score (nSPS) is 10.5. The molecule has 0 saturated heterocycles. The minimum Gasteiger partial charge on any atom is -0.309 e. The molecule has 0 aliphatic carbocycles. The molecule has 0 radical (unpaired) electrons. The fraction of sp³-hybridized carbons (Fsp3) is 0.417. The second-order valence-corrected chi connectivity index (χ2v) is 3.81. The van der Waals surface area contributed by atoms with E-state index < -0.39 is 0 Å². The Labute approximate surface area is 85.3 Å².